The number of hydrogen-bond acceptors (Lipinski definition) is 7. The van der Waals surface area contributed by atoms with E-state index in [1.807, 2.05) is 24.3 Å². The van der Waals surface area contributed by atoms with Crippen LogP contribution in [-0.2, 0) is 9.53 Å². The smallest absolute Gasteiger partial charge is 0.311 e. The molecule has 0 radical (unpaired) electrons. The monoisotopic (exact) mass is 461 g/mol. The van der Waals surface area contributed by atoms with Gasteiger partial charge in [0.1, 0.15) is 28.9 Å². The van der Waals surface area contributed by atoms with Gasteiger partial charge in [0, 0.05) is 16.8 Å². The molecule has 0 saturated carbocycles. The number of carbonyl (C=O) groups is 2. The zero-order valence-corrected chi connectivity index (χ0v) is 19.7. The Kier molecular flexibility index (Phi) is 7.06. The van der Waals surface area contributed by atoms with Crippen LogP contribution in [0.25, 0.3) is 10.8 Å². The number of aromatic nitrogens is 1. The Morgan fingerprint density at radius 2 is 1.74 bits per heavy atom. The summed E-state index contributed by atoms with van der Waals surface area (Å²) in [5.74, 6) is -1.10. The molecule has 34 heavy (non-hydrogen) atoms. The third-order valence-corrected chi connectivity index (χ3v) is 5.14. The molecule has 0 unspecified atom stereocenters. The number of aromatic hydroxyl groups is 1. The Labute approximate surface area is 198 Å². The van der Waals surface area contributed by atoms with E-state index in [0.29, 0.717) is 16.9 Å². The number of esters is 1. The zero-order valence-electron chi connectivity index (χ0n) is 19.7. The minimum absolute atomic E-state index is 0.0377. The summed E-state index contributed by atoms with van der Waals surface area (Å²) in [7, 11) is 0. The lowest BCUT2D eigenvalue weighted by molar-refractivity contribution is -0.160. The van der Waals surface area contributed by atoms with Crippen molar-refractivity contribution in [3.63, 3.8) is 0 Å². The average Bonchev–Trinajstić information content (AvgIpc) is 2.78. The molecule has 1 amide bonds. The minimum Gasteiger partial charge on any atom is -0.505 e. The van der Waals surface area contributed by atoms with E-state index in [2.05, 4.69) is 10.3 Å². The minimum atomic E-state index is -0.705. The lowest BCUT2D eigenvalue weighted by Crippen LogP contribution is -2.42. The van der Waals surface area contributed by atoms with Crippen LogP contribution in [0.15, 0.2) is 48.5 Å². The van der Waals surface area contributed by atoms with E-state index in [0.717, 1.165) is 0 Å². The first kappa shape index (κ1) is 24.5. The number of fused-ring (bicyclic) bond motifs is 1. The van der Waals surface area contributed by atoms with Gasteiger partial charge in [-0.1, -0.05) is 18.2 Å². The van der Waals surface area contributed by atoms with Crippen molar-refractivity contribution in [3.8, 4) is 23.3 Å². The van der Waals surface area contributed by atoms with Gasteiger partial charge in [0.2, 0.25) is 0 Å². The van der Waals surface area contributed by atoms with Crippen molar-refractivity contribution in [1.29, 1.82) is 5.26 Å². The molecule has 3 aromatic rings. The van der Waals surface area contributed by atoms with Crippen molar-refractivity contribution >= 4 is 22.6 Å². The summed E-state index contributed by atoms with van der Waals surface area (Å²) in [5, 5.41) is 23.7. The number of pyridine rings is 1. The molecule has 176 valence electrons. The van der Waals surface area contributed by atoms with Gasteiger partial charge in [0.15, 0.2) is 11.4 Å². The first-order valence-corrected chi connectivity index (χ1v) is 10.8. The summed E-state index contributed by atoms with van der Waals surface area (Å²) in [6.45, 7) is 8.58. The Morgan fingerprint density at radius 1 is 1.06 bits per heavy atom. The number of amides is 1. The van der Waals surface area contributed by atoms with Crippen LogP contribution in [0.3, 0.4) is 0 Å². The maximum absolute atomic E-state index is 12.9. The molecule has 8 nitrogen and oxygen atoms in total. The highest BCUT2D eigenvalue weighted by Crippen LogP contribution is 2.33. The molecule has 2 atom stereocenters. The van der Waals surface area contributed by atoms with Crippen LogP contribution >= 0.6 is 0 Å². The van der Waals surface area contributed by atoms with Gasteiger partial charge in [-0.05, 0) is 65.0 Å². The standard InChI is InChI=1S/C26H27N3O5/c1-15(25(32)34-26(3,4)5)16(2)28-24(31)22-23(30)19-12-11-18(13-20(19)21(14-27)29-22)33-17-9-7-6-8-10-17/h6-13,15-16,30H,1-5H3,(H,28,31)/t15-,16+/m0/s1. The number of hydrogen-bond donors (Lipinski definition) is 2. The zero-order chi connectivity index (χ0) is 25.0. The molecule has 8 heteroatoms. The summed E-state index contributed by atoms with van der Waals surface area (Å²) in [5.41, 5.74) is -0.994. The van der Waals surface area contributed by atoms with Crippen molar-refractivity contribution in [2.45, 2.75) is 46.3 Å². The van der Waals surface area contributed by atoms with Gasteiger partial charge in [0.05, 0.1) is 5.92 Å². The Hall–Kier alpha value is -4.12. The molecule has 2 N–H and O–H groups in total. The molecule has 0 aliphatic rings. The molecule has 0 spiro atoms. The normalized spacial score (nSPS) is 12.9. The van der Waals surface area contributed by atoms with Gasteiger partial charge in [-0.25, -0.2) is 4.98 Å². The SMILES string of the molecule is C[C@H](C(=O)OC(C)(C)C)[C@@H](C)NC(=O)c1nc(C#N)c2cc(Oc3ccccc3)ccc2c1O. The number of benzene rings is 2. The number of carbonyl (C=O) groups excluding carboxylic acids is 2. The van der Waals surface area contributed by atoms with Gasteiger partial charge in [-0.2, -0.15) is 5.26 Å². The Morgan fingerprint density at radius 3 is 2.35 bits per heavy atom. The van der Waals surface area contributed by atoms with Crippen molar-refractivity contribution in [2.75, 3.05) is 0 Å². The van der Waals surface area contributed by atoms with Crippen LogP contribution in [0.5, 0.6) is 17.2 Å². The molecule has 0 aliphatic heterocycles. The van der Waals surface area contributed by atoms with Crippen molar-refractivity contribution < 1.29 is 24.2 Å². The molecule has 1 heterocycles. The molecule has 3 rings (SSSR count). The van der Waals surface area contributed by atoms with Crippen molar-refractivity contribution in [3.05, 3.63) is 59.9 Å². The Balaban J connectivity index is 1.87. The molecule has 0 bridgehead atoms. The second-order valence-corrected chi connectivity index (χ2v) is 8.98. The summed E-state index contributed by atoms with van der Waals surface area (Å²) in [6.07, 6.45) is 0. The second kappa shape index (κ2) is 9.79. The Bertz CT molecular complexity index is 1260. The van der Waals surface area contributed by atoms with Gasteiger partial charge in [-0.15, -0.1) is 0 Å². The lowest BCUT2D eigenvalue weighted by atomic mass is 10.0. The van der Waals surface area contributed by atoms with Gasteiger partial charge < -0.3 is 19.9 Å². The van der Waals surface area contributed by atoms with Crippen molar-refractivity contribution in [1.82, 2.24) is 10.3 Å². The number of nitriles is 1. The maximum atomic E-state index is 12.9. The number of nitrogens with one attached hydrogen (secondary N) is 1. The molecular formula is C26H27N3O5. The lowest BCUT2D eigenvalue weighted by Gasteiger charge is -2.25. The fourth-order valence-corrected chi connectivity index (χ4v) is 3.21. The molecule has 0 aliphatic carbocycles. The summed E-state index contributed by atoms with van der Waals surface area (Å²) in [4.78, 5) is 29.3. The number of nitrogens with zero attached hydrogens (tertiary/aromatic N) is 2. The quantitative estimate of drug-likeness (QED) is 0.510. The fraction of sp³-hybridized carbons (Fsp3) is 0.308. The van der Waals surface area contributed by atoms with Gasteiger partial charge in [0.25, 0.3) is 5.91 Å². The predicted octanol–water partition coefficient (Wildman–Crippen LogP) is 4.70. The molecule has 1 aromatic heterocycles. The fourth-order valence-electron chi connectivity index (χ4n) is 3.21. The topological polar surface area (TPSA) is 122 Å². The van der Waals surface area contributed by atoms with Gasteiger partial charge >= 0.3 is 5.97 Å². The molecular weight excluding hydrogens is 434 g/mol. The van der Waals surface area contributed by atoms with E-state index in [-0.39, 0.29) is 22.5 Å². The first-order valence-electron chi connectivity index (χ1n) is 10.8. The highest BCUT2D eigenvalue weighted by Gasteiger charge is 2.29. The van der Waals surface area contributed by atoms with E-state index in [9.17, 15) is 20.0 Å². The van der Waals surface area contributed by atoms with Crippen molar-refractivity contribution in [2.24, 2.45) is 5.92 Å². The number of ether oxygens (including phenoxy) is 2. The third-order valence-electron chi connectivity index (χ3n) is 5.14. The van der Waals surface area contributed by atoms with Crippen LogP contribution in [0, 0.1) is 17.2 Å². The predicted molar refractivity (Wildman–Crippen MR) is 127 cm³/mol. The van der Waals surface area contributed by atoms with E-state index < -0.39 is 29.4 Å². The van der Waals surface area contributed by atoms with E-state index >= 15 is 0 Å². The summed E-state index contributed by atoms with van der Waals surface area (Å²) < 4.78 is 11.2. The third kappa shape index (κ3) is 5.62. The van der Waals surface area contributed by atoms with Crippen LogP contribution in [0.1, 0.15) is 50.8 Å². The molecule has 0 fully saturated rings. The van der Waals surface area contributed by atoms with E-state index in [4.69, 9.17) is 9.47 Å². The number of rotatable bonds is 6. The van der Waals surface area contributed by atoms with E-state index in [1.165, 1.54) is 0 Å². The summed E-state index contributed by atoms with van der Waals surface area (Å²) in [6, 6.07) is 15.3. The number of para-hydroxylation sites is 1. The molecule has 0 saturated heterocycles. The second-order valence-electron chi connectivity index (χ2n) is 8.98. The van der Waals surface area contributed by atoms with Crippen LogP contribution in [0.4, 0.5) is 0 Å². The average molecular weight is 462 g/mol. The van der Waals surface area contributed by atoms with Crippen LogP contribution in [-0.4, -0.2) is 33.6 Å². The maximum Gasteiger partial charge on any atom is 0.311 e. The molecule has 2 aromatic carbocycles. The highest BCUT2D eigenvalue weighted by atomic mass is 16.6. The summed E-state index contributed by atoms with van der Waals surface area (Å²) >= 11 is 0. The van der Waals surface area contributed by atoms with Crippen LogP contribution < -0.4 is 10.1 Å². The largest absolute Gasteiger partial charge is 0.505 e. The highest BCUT2D eigenvalue weighted by molar-refractivity contribution is 6.03. The van der Waals surface area contributed by atoms with Crippen LogP contribution in [0.2, 0.25) is 0 Å². The van der Waals surface area contributed by atoms with E-state index in [1.54, 1.807) is 65.0 Å². The van der Waals surface area contributed by atoms with Gasteiger partial charge in [-0.3, -0.25) is 9.59 Å². The first-order chi connectivity index (χ1) is 16.0.